The number of ether oxygens (including phenoxy) is 1. The van der Waals surface area contributed by atoms with Crippen molar-refractivity contribution in [1.29, 1.82) is 0 Å². The molecule has 0 aliphatic rings. The molecule has 1 heterocycles. The molecule has 0 aromatic carbocycles. The molecule has 1 N–H and O–H groups in total. The van der Waals surface area contributed by atoms with Gasteiger partial charge in [0.25, 0.3) is 0 Å². The van der Waals surface area contributed by atoms with Gasteiger partial charge in [-0.2, -0.15) is 0 Å². The van der Waals surface area contributed by atoms with E-state index in [1.807, 2.05) is 36.7 Å². The number of carbonyl (C=O) groups is 1. The van der Waals surface area contributed by atoms with Crippen molar-refractivity contribution in [3.63, 3.8) is 0 Å². The Labute approximate surface area is 109 Å². The molecule has 0 amide bonds. The van der Waals surface area contributed by atoms with Crippen molar-refractivity contribution >= 4 is 5.97 Å². The number of carbonyl (C=O) groups excluding carboxylic acids is 1. The van der Waals surface area contributed by atoms with Crippen LogP contribution in [0.2, 0.25) is 0 Å². The first-order valence-electron chi connectivity index (χ1n) is 6.53. The van der Waals surface area contributed by atoms with Gasteiger partial charge >= 0.3 is 5.97 Å². The van der Waals surface area contributed by atoms with Gasteiger partial charge in [0.15, 0.2) is 0 Å². The second kappa shape index (κ2) is 7.21. The van der Waals surface area contributed by atoms with Crippen LogP contribution in [0, 0.1) is 5.92 Å². The summed E-state index contributed by atoms with van der Waals surface area (Å²) in [5, 5.41) is 3.37. The lowest BCUT2D eigenvalue weighted by molar-refractivity contribution is -0.148. The zero-order chi connectivity index (χ0) is 13.5. The van der Waals surface area contributed by atoms with Crippen LogP contribution in [0.5, 0.6) is 0 Å². The van der Waals surface area contributed by atoms with E-state index in [2.05, 4.69) is 19.2 Å². The van der Waals surface area contributed by atoms with Crippen molar-refractivity contribution in [3.05, 3.63) is 24.0 Å². The van der Waals surface area contributed by atoms with Crippen LogP contribution in [0.1, 0.15) is 33.4 Å². The molecule has 102 valence electrons. The monoisotopic (exact) mass is 252 g/mol. The molecule has 0 radical (unpaired) electrons. The van der Waals surface area contributed by atoms with Gasteiger partial charge in [0.05, 0.1) is 6.10 Å². The summed E-state index contributed by atoms with van der Waals surface area (Å²) >= 11 is 0. The quantitative estimate of drug-likeness (QED) is 0.756. The fourth-order valence-electron chi connectivity index (χ4n) is 1.69. The first-order valence-corrected chi connectivity index (χ1v) is 6.53. The molecule has 0 unspecified atom stereocenters. The Bertz CT molecular complexity index is 370. The van der Waals surface area contributed by atoms with E-state index in [4.69, 9.17) is 4.74 Å². The van der Waals surface area contributed by atoms with Crippen molar-refractivity contribution in [3.8, 4) is 0 Å². The molecule has 0 atom stereocenters. The van der Waals surface area contributed by atoms with Crippen LogP contribution in [0.4, 0.5) is 0 Å². The maximum atomic E-state index is 11.6. The molecule has 1 rings (SSSR count). The van der Waals surface area contributed by atoms with Crippen molar-refractivity contribution in [2.24, 2.45) is 5.92 Å². The van der Waals surface area contributed by atoms with Crippen LogP contribution in [0.15, 0.2) is 18.3 Å². The van der Waals surface area contributed by atoms with Gasteiger partial charge in [-0.1, -0.05) is 13.8 Å². The first-order chi connectivity index (χ1) is 8.49. The summed E-state index contributed by atoms with van der Waals surface area (Å²) in [6, 6.07) is 3.98. The molecule has 0 aliphatic carbocycles. The van der Waals surface area contributed by atoms with E-state index in [1.54, 1.807) is 0 Å². The summed E-state index contributed by atoms with van der Waals surface area (Å²) in [4.78, 5) is 11.6. The zero-order valence-electron chi connectivity index (χ0n) is 11.8. The highest BCUT2D eigenvalue weighted by Crippen LogP contribution is 2.04. The van der Waals surface area contributed by atoms with Gasteiger partial charge in [0.2, 0.25) is 0 Å². The van der Waals surface area contributed by atoms with Crippen LogP contribution in [0.3, 0.4) is 0 Å². The summed E-state index contributed by atoms with van der Waals surface area (Å²) in [7, 11) is 0. The third-order valence-corrected chi connectivity index (χ3v) is 2.45. The Kier molecular flexibility index (Phi) is 5.92. The molecule has 1 aromatic heterocycles. The summed E-state index contributed by atoms with van der Waals surface area (Å²) in [6.45, 7) is 10.1. The molecule has 4 heteroatoms. The van der Waals surface area contributed by atoms with Gasteiger partial charge in [-0.15, -0.1) is 0 Å². The van der Waals surface area contributed by atoms with Gasteiger partial charge < -0.3 is 14.6 Å². The molecule has 4 nitrogen and oxygen atoms in total. The fraction of sp³-hybridized carbons (Fsp3) is 0.643. The van der Waals surface area contributed by atoms with E-state index in [1.165, 1.54) is 0 Å². The second-order valence-corrected chi connectivity index (χ2v) is 5.19. The largest absolute Gasteiger partial charge is 0.462 e. The van der Waals surface area contributed by atoms with Gasteiger partial charge in [-0.3, -0.25) is 4.79 Å². The lowest BCUT2D eigenvalue weighted by Crippen LogP contribution is -2.23. The van der Waals surface area contributed by atoms with Crippen LogP contribution < -0.4 is 5.32 Å². The number of hydrogen-bond donors (Lipinski definition) is 1. The number of nitrogens with zero attached hydrogens (tertiary/aromatic N) is 1. The summed E-state index contributed by atoms with van der Waals surface area (Å²) in [6.07, 6.45) is 1.85. The van der Waals surface area contributed by atoms with E-state index >= 15 is 0 Å². The minimum Gasteiger partial charge on any atom is -0.462 e. The fourth-order valence-corrected chi connectivity index (χ4v) is 1.69. The predicted molar refractivity (Wildman–Crippen MR) is 72.2 cm³/mol. The highest BCUT2D eigenvalue weighted by atomic mass is 16.5. The molecular weight excluding hydrogens is 228 g/mol. The topological polar surface area (TPSA) is 43.3 Å². The Balaban J connectivity index is 2.46. The van der Waals surface area contributed by atoms with Gasteiger partial charge in [0.1, 0.15) is 6.54 Å². The number of rotatable bonds is 7. The van der Waals surface area contributed by atoms with E-state index < -0.39 is 0 Å². The molecule has 18 heavy (non-hydrogen) atoms. The third kappa shape index (κ3) is 5.36. The van der Waals surface area contributed by atoms with Crippen molar-refractivity contribution in [2.45, 2.75) is 46.9 Å². The van der Waals surface area contributed by atoms with Crippen LogP contribution in [0.25, 0.3) is 0 Å². The standard InChI is InChI=1S/C14H24N2O2/c1-11(2)8-15-9-13-6-5-7-16(13)10-14(17)18-12(3)4/h5-7,11-12,15H,8-10H2,1-4H3. The number of aromatic nitrogens is 1. The van der Waals surface area contributed by atoms with E-state index in [0.717, 1.165) is 18.8 Å². The molecule has 0 aliphatic heterocycles. The molecule has 0 saturated heterocycles. The summed E-state index contributed by atoms with van der Waals surface area (Å²) in [5.41, 5.74) is 1.11. The van der Waals surface area contributed by atoms with Crippen molar-refractivity contribution in [1.82, 2.24) is 9.88 Å². The number of esters is 1. The van der Waals surface area contributed by atoms with Crippen LogP contribution in [-0.2, 0) is 22.6 Å². The van der Waals surface area contributed by atoms with E-state index in [0.29, 0.717) is 5.92 Å². The smallest absolute Gasteiger partial charge is 0.326 e. The minimum atomic E-state index is -0.189. The van der Waals surface area contributed by atoms with Gasteiger partial charge in [0, 0.05) is 18.4 Å². The molecule has 0 bridgehead atoms. The summed E-state index contributed by atoms with van der Waals surface area (Å²) in [5.74, 6) is 0.436. The molecule has 0 saturated carbocycles. The normalized spacial score (nSPS) is 11.2. The average Bonchev–Trinajstić information content (AvgIpc) is 2.63. The number of nitrogens with one attached hydrogen (secondary N) is 1. The van der Waals surface area contributed by atoms with E-state index in [-0.39, 0.29) is 18.6 Å². The van der Waals surface area contributed by atoms with Gasteiger partial charge in [-0.25, -0.2) is 0 Å². The van der Waals surface area contributed by atoms with Gasteiger partial charge in [-0.05, 0) is 38.4 Å². The Morgan fingerprint density at radius 1 is 1.39 bits per heavy atom. The zero-order valence-corrected chi connectivity index (χ0v) is 11.8. The maximum absolute atomic E-state index is 11.6. The highest BCUT2D eigenvalue weighted by Gasteiger charge is 2.09. The summed E-state index contributed by atoms with van der Waals surface area (Å²) < 4.78 is 7.07. The molecular formula is C14H24N2O2. The maximum Gasteiger partial charge on any atom is 0.326 e. The van der Waals surface area contributed by atoms with E-state index in [9.17, 15) is 4.79 Å². The Morgan fingerprint density at radius 2 is 2.11 bits per heavy atom. The molecule has 0 fully saturated rings. The van der Waals surface area contributed by atoms with Crippen LogP contribution in [-0.4, -0.2) is 23.2 Å². The average molecular weight is 252 g/mol. The number of hydrogen-bond acceptors (Lipinski definition) is 3. The molecule has 0 spiro atoms. The Hall–Kier alpha value is -1.29. The Morgan fingerprint density at radius 3 is 2.72 bits per heavy atom. The first kappa shape index (κ1) is 14.8. The predicted octanol–water partition coefficient (Wildman–Crippen LogP) is 2.19. The minimum absolute atomic E-state index is 0.0596. The van der Waals surface area contributed by atoms with Crippen molar-refractivity contribution in [2.75, 3.05) is 6.54 Å². The second-order valence-electron chi connectivity index (χ2n) is 5.19. The van der Waals surface area contributed by atoms with Crippen molar-refractivity contribution < 1.29 is 9.53 Å². The lowest BCUT2D eigenvalue weighted by atomic mass is 10.2. The van der Waals surface area contributed by atoms with Crippen LogP contribution >= 0.6 is 0 Å². The highest BCUT2D eigenvalue weighted by molar-refractivity contribution is 5.69. The molecule has 1 aromatic rings. The SMILES string of the molecule is CC(C)CNCc1cccn1CC(=O)OC(C)C. The lowest BCUT2D eigenvalue weighted by Gasteiger charge is -2.12. The third-order valence-electron chi connectivity index (χ3n) is 2.45.